The van der Waals surface area contributed by atoms with Crippen molar-refractivity contribution in [3.8, 4) is 0 Å². The summed E-state index contributed by atoms with van der Waals surface area (Å²) < 4.78 is 13.7. The fourth-order valence-electron chi connectivity index (χ4n) is 1.44. The molecule has 0 saturated heterocycles. The topological polar surface area (TPSA) is 41.8 Å². The molecule has 1 aromatic carbocycles. The van der Waals surface area contributed by atoms with E-state index in [1.54, 1.807) is 30.5 Å². The highest BCUT2D eigenvalue weighted by molar-refractivity contribution is 5.82. The molecule has 0 aliphatic carbocycles. The zero-order chi connectivity index (χ0) is 9.97. The Bertz CT molecular complexity index is 471. The number of halogens is 1. The van der Waals surface area contributed by atoms with E-state index in [9.17, 15) is 4.39 Å². The van der Waals surface area contributed by atoms with Gasteiger partial charge in [0, 0.05) is 29.2 Å². The maximum atomic E-state index is 13.7. The van der Waals surface area contributed by atoms with Gasteiger partial charge in [-0.3, -0.25) is 0 Å². The third kappa shape index (κ3) is 1.42. The van der Waals surface area contributed by atoms with Gasteiger partial charge in [0.15, 0.2) is 0 Å². The number of fused-ring (bicyclic) bond motifs is 1. The summed E-state index contributed by atoms with van der Waals surface area (Å²) in [7, 11) is 0. The molecule has 0 spiro atoms. The molecule has 0 radical (unpaired) electrons. The first-order valence-corrected chi connectivity index (χ1v) is 4.45. The summed E-state index contributed by atoms with van der Waals surface area (Å²) in [6.45, 7) is 0.421. The van der Waals surface area contributed by atoms with Crippen LogP contribution in [0.5, 0.6) is 0 Å². The molecule has 2 nitrogen and oxygen atoms in total. The SMILES string of the molecule is NC/C=C/c1ccc2[nH]ccc2c1F. The van der Waals surface area contributed by atoms with Gasteiger partial charge in [0.1, 0.15) is 5.82 Å². The second-order valence-electron chi connectivity index (χ2n) is 3.05. The monoisotopic (exact) mass is 190 g/mol. The highest BCUT2D eigenvalue weighted by Crippen LogP contribution is 2.20. The van der Waals surface area contributed by atoms with Gasteiger partial charge >= 0.3 is 0 Å². The van der Waals surface area contributed by atoms with E-state index in [-0.39, 0.29) is 5.82 Å². The largest absolute Gasteiger partial charge is 0.361 e. The molecule has 0 fully saturated rings. The molecule has 0 unspecified atom stereocenters. The number of hydrogen-bond acceptors (Lipinski definition) is 1. The van der Waals surface area contributed by atoms with Crippen LogP contribution in [0.2, 0.25) is 0 Å². The lowest BCUT2D eigenvalue weighted by Gasteiger charge is -1.98. The van der Waals surface area contributed by atoms with Crippen LogP contribution >= 0.6 is 0 Å². The summed E-state index contributed by atoms with van der Waals surface area (Å²) in [4.78, 5) is 2.95. The summed E-state index contributed by atoms with van der Waals surface area (Å²) in [5, 5.41) is 0.615. The Morgan fingerprint density at radius 3 is 3.00 bits per heavy atom. The van der Waals surface area contributed by atoms with Crippen LogP contribution in [0.3, 0.4) is 0 Å². The average Bonchev–Trinajstić information content (AvgIpc) is 2.66. The lowest BCUT2D eigenvalue weighted by Crippen LogP contribution is -1.92. The summed E-state index contributed by atoms with van der Waals surface area (Å²) in [6.07, 6.45) is 5.16. The molecule has 3 heteroatoms. The van der Waals surface area contributed by atoms with Gasteiger partial charge in [-0.15, -0.1) is 0 Å². The van der Waals surface area contributed by atoms with Crippen molar-refractivity contribution >= 4 is 17.0 Å². The highest BCUT2D eigenvalue weighted by Gasteiger charge is 2.04. The fraction of sp³-hybridized carbons (Fsp3) is 0.0909. The normalized spacial score (nSPS) is 11.6. The van der Waals surface area contributed by atoms with E-state index in [1.807, 2.05) is 6.07 Å². The fourth-order valence-corrected chi connectivity index (χ4v) is 1.44. The van der Waals surface area contributed by atoms with Crippen molar-refractivity contribution < 1.29 is 4.39 Å². The maximum Gasteiger partial charge on any atom is 0.139 e. The molecule has 3 N–H and O–H groups in total. The lowest BCUT2D eigenvalue weighted by atomic mass is 10.1. The molecule has 1 heterocycles. The van der Waals surface area contributed by atoms with Crippen LogP contribution in [0.15, 0.2) is 30.5 Å². The van der Waals surface area contributed by atoms with E-state index in [0.29, 0.717) is 17.5 Å². The van der Waals surface area contributed by atoms with Gasteiger partial charge in [0.05, 0.1) is 0 Å². The predicted molar refractivity (Wildman–Crippen MR) is 56.3 cm³/mol. The molecule has 0 saturated carbocycles. The van der Waals surface area contributed by atoms with Crippen molar-refractivity contribution in [3.05, 3.63) is 41.9 Å². The number of aromatic amines is 1. The summed E-state index contributed by atoms with van der Waals surface area (Å²) >= 11 is 0. The van der Waals surface area contributed by atoms with Crippen molar-refractivity contribution in [2.24, 2.45) is 5.73 Å². The number of nitrogens with two attached hydrogens (primary N) is 1. The minimum Gasteiger partial charge on any atom is -0.361 e. The molecule has 0 amide bonds. The number of H-pyrrole nitrogens is 1. The Hall–Kier alpha value is -1.61. The van der Waals surface area contributed by atoms with E-state index in [0.717, 1.165) is 5.52 Å². The van der Waals surface area contributed by atoms with E-state index in [2.05, 4.69) is 4.98 Å². The van der Waals surface area contributed by atoms with E-state index < -0.39 is 0 Å². The molecule has 0 bridgehead atoms. The summed E-state index contributed by atoms with van der Waals surface area (Å²) in [5.41, 5.74) is 6.69. The van der Waals surface area contributed by atoms with Gasteiger partial charge in [-0.2, -0.15) is 0 Å². The number of benzene rings is 1. The van der Waals surface area contributed by atoms with Crippen molar-refractivity contribution in [3.63, 3.8) is 0 Å². The van der Waals surface area contributed by atoms with Gasteiger partial charge in [0.2, 0.25) is 0 Å². The molecule has 0 atom stereocenters. The Labute approximate surface area is 81.2 Å². The first-order chi connectivity index (χ1) is 6.83. The van der Waals surface area contributed by atoms with Gasteiger partial charge in [0.25, 0.3) is 0 Å². The van der Waals surface area contributed by atoms with Crippen molar-refractivity contribution in [2.45, 2.75) is 0 Å². The van der Waals surface area contributed by atoms with Crippen molar-refractivity contribution in [1.29, 1.82) is 0 Å². The van der Waals surface area contributed by atoms with Crippen LogP contribution in [-0.4, -0.2) is 11.5 Å². The number of aromatic nitrogens is 1. The first kappa shape index (κ1) is 8.97. The second kappa shape index (κ2) is 3.64. The first-order valence-electron chi connectivity index (χ1n) is 4.45. The van der Waals surface area contributed by atoms with Gasteiger partial charge < -0.3 is 10.7 Å². The van der Waals surface area contributed by atoms with Crippen LogP contribution in [0.4, 0.5) is 4.39 Å². The van der Waals surface area contributed by atoms with Crippen LogP contribution < -0.4 is 5.73 Å². The number of hydrogen-bond donors (Lipinski definition) is 2. The molecule has 1 aromatic heterocycles. The Kier molecular flexibility index (Phi) is 2.33. The predicted octanol–water partition coefficient (Wildman–Crippen LogP) is 2.28. The third-order valence-electron chi connectivity index (χ3n) is 2.13. The minimum absolute atomic E-state index is 0.201. The van der Waals surface area contributed by atoms with Crippen LogP contribution in [0.1, 0.15) is 5.56 Å². The molecule has 72 valence electrons. The van der Waals surface area contributed by atoms with Gasteiger partial charge in [-0.1, -0.05) is 12.2 Å². The van der Waals surface area contributed by atoms with E-state index in [4.69, 9.17) is 5.73 Å². The van der Waals surface area contributed by atoms with Gasteiger partial charge in [-0.05, 0) is 18.2 Å². The second-order valence-corrected chi connectivity index (χ2v) is 3.05. The molecule has 2 rings (SSSR count). The summed E-state index contributed by atoms with van der Waals surface area (Å²) in [5.74, 6) is -0.201. The van der Waals surface area contributed by atoms with Crippen molar-refractivity contribution in [1.82, 2.24) is 4.98 Å². The Morgan fingerprint density at radius 2 is 2.21 bits per heavy atom. The van der Waals surface area contributed by atoms with Crippen molar-refractivity contribution in [2.75, 3.05) is 6.54 Å². The van der Waals surface area contributed by atoms with E-state index >= 15 is 0 Å². The molecule has 2 aromatic rings. The molecule has 0 aliphatic heterocycles. The summed E-state index contributed by atoms with van der Waals surface area (Å²) in [6, 6.07) is 5.32. The average molecular weight is 190 g/mol. The molecular weight excluding hydrogens is 179 g/mol. The Morgan fingerprint density at radius 1 is 1.36 bits per heavy atom. The maximum absolute atomic E-state index is 13.7. The molecule has 0 aliphatic rings. The standard InChI is InChI=1S/C11H11FN2/c12-11-8(2-1-6-13)3-4-10-9(11)5-7-14-10/h1-5,7,14H,6,13H2/b2-1+. The zero-order valence-corrected chi connectivity index (χ0v) is 7.63. The third-order valence-corrected chi connectivity index (χ3v) is 2.13. The zero-order valence-electron chi connectivity index (χ0n) is 7.63. The molecule has 14 heavy (non-hydrogen) atoms. The lowest BCUT2D eigenvalue weighted by molar-refractivity contribution is 0.637. The number of nitrogens with one attached hydrogen (secondary N) is 1. The number of rotatable bonds is 2. The van der Waals surface area contributed by atoms with Crippen LogP contribution in [0.25, 0.3) is 17.0 Å². The molecular formula is C11H11FN2. The van der Waals surface area contributed by atoms with Crippen LogP contribution in [-0.2, 0) is 0 Å². The van der Waals surface area contributed by atoms with Gasteiger partial charge in [-0.25, -0.2) is 4.39 Å². The quantitative estimate of drug-likeness (QED) is 0.749. The van der Waals surface area contributed by atoms with E-state index in [1.165, 1.54) is 0 Å². The smallest absolute Gasteiger partial charge is 0.139 e. The minimum atomic E-state index is -0.201. The van der Waals surface area contributed by atoms with Crippen LogP contribution in [0, 0.1) is 5.82 Å². The highest BCUT2D eigenvalue weighted by atomic mass is 19.1. The Balaban J connectivity index is 2.56.